The van der Waals surface area contributed by atoms with Crippen LogP contribution in [0.15, 0.2) is 34.3 Å². The lowest BCUT2D eigenvalue weighted by atomic mass is 10.1. The van der Waals surface area contributed by atoms with Gasteiger partial charge in [-0.25, -0.2) is 0 Å². The maximum atomic E-state index is 5.84. The second-order valence-corrected chi connectivity index (χ2v) is 4.84. The summed E-state index contributed by atoms with van der Waals surface area (Å²) in [6, 6.07) is 7.75. The molecular formula is C14H23Cl2N5. The van der Waals surface area contributed by atoms with Crippen LogP contribution in [0, 0.1) is 0 Å². The zero-order valence-electron chi connectivity index (χ0n) is 12.2. The lowest BCUT2D eigenvalue weighted by Crippen LogP contribution is -2.31. The number of hydrogen-bond donors (Lipinski definition) is 3. The number of rotatable bonds is 6. The van der Waals surface area contributed by atoms with Gasteiger partial charge in [0.1, 0.15) is 0 Å². The first-order chi connectivity index (χ1) is 9.61. The van der Waals surface area contributed by atoms with Crippen molar-refractivity contribution in [2.45, 2.75) is 26.2 Å². The minimum Gasteiger partial charge on any atom is -0.370 e. The molecule has 0 saturated heterocycles. The summed E-state index contributed by atoms with van der Waals surface area (Å²) in [7, 11) is 0. The molecule has 5 nitrogen and oxygen atoms in total. The summed E-state index contributed by atoms with van der Waals surface area (Å²) in [5, 5.41) is 3.88. The van der Waals surface area contributed by atoms with Crippen LogP contribution in [0.5, 0.6) is 0 Å². The second kappa shape index (κ2) is 11.2. The van der Waals surface area contributed by atoms with Crippen molar-refractivity contribution in [2.24, 2.45) is 21.5 Å². The first-order valence-corrected chi connectivity index (χ1v) is 7.12. The van der Waals surface area contributed by atoms with Gasteiger partial charge in [0.05, 0.1) is 0 Å². The summed E-state index contributed by atoms with van der Waals surface area (Å²) in [6.07, 6.45) is 2.95. The molecule has 5 N–H and O–H groups in total. The number of halogens is 2. The fourth-order valence-corrected chi connectivity index (χ4v) is 1.69. The molecule has 0 unspecified atom stereocenters. The third-order valence-electron chi connectivity index (χ3n) is 2.62. The highest BCUT2D eigenvalue weighted by molar-refractivity contribution is 6.30. The predicted molar refractivity (Wildman–Crippen MR) is 93.4 cm³/mol. The standard InChI is InChI=1S/C14H22ClN5.ClH/c1-2-3-9-18-14(20-13(16)17)19-10-8-11-4-6-12(15)7-5-11;/h4-7H,2-3,8-10H2,1H3,(H5,16,17,18,19,20);1H. The van der Waals surface area contributed by atoms with E-state index in [1.54, 1.807) is 0 Å². The van der Waals surface area contributed by atoms with E-state index in [0.717, 1.165) is 30.8 Å². The average molecular weight is 332 g/mol. The summed E-state index contributed by atoms with van der Waals surface area (Å²) in [5.41, 5.74) is 12.0. The monoisotopic (exact) mass is 331 g/mol. The van der Waals surface area contributed by atoms with Gasteiger partial charge in [-0.2, -0.15) is 4.99 Å². The molecule has 0 aliphatic heterocycles. The van der Waals surface area contributed by atoms with Crippen molar-refractivity contribution in [3.63, 3.8) is 0 Å². The van der Waals surface area contributed by atoms with Gasteiger partial charge in [-0.1, -0.05) is 37.1 Å². The lowest BCUT2D eigenvalue weighted by Gasteiger charge is -2.06. The minimum absolute atomic E-state index is 0. The molecule has 1 aromatic carbocycles. The largest absolute Gasteiger partial charge is 0.370 e. The van der Waals surface area contributed by atoms with E-state index in [9.17, 15) is 0 Å². The van der Waals surface area contributed by atoms with Crippen LogP contribution in [0.3, 0.4) is 0 Å². The highest BCUT2D eigenvalue weighted by Gasteiger charge is 1.98. The fraction of sp³-hybridized carbons (Fsp3) is 0.429. The molecular weight excluding hydrogens is 309 g/mol. The molecule has 0 bridgehead atoms. The number of nitrogens with one attached hydrogen (secondary N) is 1. The molecule has 0 spiro atoms. The van der Waals surface area contributed by atoms with Gasteiger partial charge in [-0.05, 0) is 30.5 Å². The zero-order chi connectivity index (χ0) is 14.8. The number of nitrogens with zero attached hydrogens (tertiary/aromatic N) is 2. The van der Waals surface area contributed by atoms with Crippen molar-refractivity contribution >= 4 is 35.9 Å². The molecule has 0 atom stereocenters. The molecule has 118 valence electrons. The van der Waals surface area contributed by atoms with E-state index in [4.69, 9.17) is 23.1 Å². The summed E-state index contributed by atoms with van der Waals surface area (Å²) in [6.45, 7) is 3.55. The first-order valence-electron chi connectivity index (χ1n) is 6.74. The highest BCUT2D eigenvalue weighted by atomic mass is 35.5. The molecule has 0 aliphatic rings. The first kappa shape index (κ1) is 19.5. The Morgan fingerprint density at radius 2 is 1.90 bits per heavy atom. The van der Waals surface area contributed by atoms with E-state index < -0.39 is 0 Å². The molecule has 7 heteroatoms. The number of guanidine groups is 2. The summed E-state index contributed by atoms with van der Waals surface area (Å²) in [5.74, 6) is 0.506. The fourth-order valence-electron chi connectivity index (χ4n) is 1.57. The van der Waals surface area contributed by atoms with Crippen LogP contribution >= 0.6 is 24.0 Å². The predicted octanol–water partition coefficient (Wildman–Crippen LogP) is 2.32. The number of nitrogens with two attached hydrogens (primary N) is 2. The van der Waals surface area contributed by atoms with Gasteiger partial charge in [0.15, 0.2) is 5.96 Å². The Morgan fingerprint density at radius 1 is 1.24 bits per heavy atom. The zero-order valence-corrected chi connectivity index (χ0v) is 13.8. The van der Waals surface area contributed by atoms with Crippen LogP contribution in [0.25, 0.3) is 0 Å². The quantitative estimate of drug-likeness (QED) is 0.424. The average Bonchev–Trinajstić information content (AvgIpc) is 2.40. The Kier molecular flexibility index (Phi) is 10.4. The van der Waals surface area contributed by atoms with Gasteiger partial charge in [0.25, 0.3) is 0 Å². The van der Waals surface area contributed by atoms with Crippen molar-refractivity contribution < 1.29 is 0 Å². The van der Waals surface area contributed by atoms with Crippen molar-refractivity contribution in [3.8, 4) is 0 Å². The summed E-state index contributed by atoms with van der Waals surface area (Å²) < 4.78 is 0. The van der Waals surface area contributed by atoms with E-state index in [-0.39, 0.29) is 18.4 Å². The van der Waals surface area contributed by atoms with Crippen LogP contribution in [0.1, 0.15) is 25.3 Å². The third kappa shape index (κ3) is 9.15. The van der Waals surface area contributed by atoms with Gasteiger partial charge in [-0.15, -0.1) is 12.4 Å². The van der Waals surface area contributed by atoms with Crippen molar-refractivity contribution in [1.29, 1.82) is 0 Å². The maximum absolute atomic E-state index is 5.84. The normalized spacial score (nSPS) is 10.7. The highest BCUT2D eigenvalue weighted by Crippen LogP contribution is 2.09. The molecule has 21 heavy (non-hydrogen) atoms. The van der Waals surface area contributed by atoms with Crippen LogP contribution in [0.4, 0.5) is 0 Å². The maximum Gasteiger partial charge on any atom is 0.221 e. The molecule has 0 radical (unpaired) electrons. The van der Waals surface area contributed by atoms with Crippen molar-refractivity contribution in [2.75, 3.05) is 13.1 Å². The SMILES string of the molecule is CCCCN=C(N=C(N)N)NCCc1ccc(Cl)cc1.Cl. The molecule has 0 aliphatic carbocycles. The molecule has 0 saturated carbocycles. The van der Waals surface area contributed by atoms with Gasteiger partial charge in [-0.3, -0.25) is 4.99 Å². The van der Waals surface area contributed by atoms with Crippen LogP contribution in [-0.2, 0) is 6.42 Å². The molecule has 0 heterocycles. The van der Waals surface area contributed by atoms with Gasteiger partial charge < -0.3 is 16.8 Å². The van der Waals surface area contributed by atoms with Crippen molar-refractivity contribution in [1.82, 2.24) is 5.32 Å². The number of aliphatic imine (C=N–C) groups is 2. The number of benzene rings is 1. The van der Waals surface area contributed by atoms with Gasteiger partial charge in [0.2, 0.25) is 5.96 Å². The third-order valence-corrected chi connectivity index (χ3v) is 2.87. The molecule has 1 aromatic rings. The number of hydrogen-bond acceptors (Lipinski definition) is 1. The topological polar surface area (TPSA) is 88.8 Å². The molecule has 0 aromatic heterocycles. The molecule has 0 fully saturated rings. The van der Waals surface area contributed by atoms with Crippen molar-refractivity contribution in [3.05, 3.63) is 34.9 Å². The van der Waals surface area contributed by atoms with Gasteiger partial charge in [0, 0.05) is 18.1 Å². The summed E-state index contributed by atoms with van der Waals surface area (Å²) in [4.78, 5) is 8.32. The van der Waals surface area contributed by atoms with Crippen LogP contribution in [-0.4, -0.2) is 25.0 Å². The van der Waals surface area contributed by atoms with E-state index in [0.29, 0.717) is 12.5 Å². The lowest BCUT2D eigenvalue weighted by molar-refractivity contribution is 0.791. The van der Waals surface area contributed by atoms with E-state index >= 15 is 0 Å². The van der Waals surface area contributed by atoms with E-state index in [1.165, 1.54) is 5.56 Å². The molecule has 0 amide bonds. The molecule has 1 rings (SSSR count). The number of unbranched alkanes of at least 4 members (excludes halogenated alkanes) is 1. The smallest absolute Gasteiger partial charge is 0.221 e. The Hall–Kier alpha value is -1.46. The Bertz CT molecular complexity index is 453. The second-order valence-electron chi connectivity index (χ2n) is 4.40. The Morgan fingerprint density at radius 3 is 2.48 bits per heavy atom. The minimum atomic E-state index is 0. The van der Waals surface area contributed by atoms with Gasteiger partial charge >= 0.3 is 0 Å². The van der Waals surface area contributed by atoms with Crippen LogP contribution < -0.4 is 16.8 Å². The van der Waals surface area contributed by atoms with E-state index in [1.807, 2.05) is 24.3 Å². The van der Waals surface area contributed by atoms with Crippen LogP contribution in [0.2, 0.25) is 5.02 Å². The Balaban J connectivity index is 0.00000400. The Labute approximate surface area is 137 Å². The van der Waals surface area contributed by atoms with E-state index in [2.05, 4.69) is 22.2 Å². The summed E-state index contributed by atoms with van der Waals surface area (Å²) >= 11 is 5.84.